The van der Waals surface area contributed by atoms with Crippen LogP contribution in [0.1, 0.15) is 36.5 Å². The molecule has 1 N–H and O–H groups in total. The topological polar surface area (TPSA) is 128 Å². The molecule has 0 saturated heterocycles. The molecule has 0 saturated carbocycles. The number of non-ortho nitro benzene ring substituents is 1. The van der Waals surface area contributed by atoms with Gasteiger partial charge in [0.15, 0.2) is 0 Å². The summed E-state index contributed by atoms with van der Waals surface area (Å²) in [5.74, 6) is -2.94. The van der Waals surface area contributed by atoms with E-state index in [0.717, 1.165) is 11.1 Å². The number of carbonyl (C=O) groups is 2. The summed E-state index contributed by atoms with van der Waals surface area (Å²) in [4.78, 5) is 42.1. The van der Waals surface area contributed by atoms with Crippen LogP contribution in [0.25, 0.3) is 6.08 Å². The minimum Gasteiger partial charge on any atom is -0.478 e. The van der Waals surface area contributed by atoms with Gasteiger partial charge in [0, 0.05) is 49.5 Å². The van der Waals surface area contributed by atoms with Gasteiger partial charge in [-0.25, -0.2) is 14.6 Å². The highest BCUT2D eigenvalue weighted by Gasteiger charge is 2.39. The number of allylic oxidation sites excluding steroid dienone is 2. The van der Waals surface area contributed by atoms with Crippen molar-refractivity contribution >= 4 is 23.7 Å². The Morgan fingerprint density at radius 2 is 1.85 bits per heavy atom. The van der Waals surface area contributed by atoms with Crippen LogP contribution in [-0.2, 0) is 20.9 Å². The summed E-state index contributed by atoms with van der Waals surface area (Å²) in [6.45, 7) is 4.01. The Hall–Kier alpha value is -4.99. The molecule has 39 heavy (non-hydrogen) atoms. The molecule has 0 radical (unpaired) electrons. The Morgan fingerprint density at radius 1 is 1.13 bits per heavy atom. The number of carbonyl (C=O) groups excluding carboxylic acids is 1. The highest BCUT2D eigenvalue weighted by molar-refractivity contribution is 5.99. The minimum atomic E-state index is -1.22. The summed E-state index contributed by atoms with van der Waals surface area (Å²) in [6, 6.07) is 13.6. The number of esters is 1. The molecule has 1 aromatic heterocycles. The summed E-state index contributed by atoms with van der Waals surface area (Å²) < 4.78 is 7.51. The number of imidazole rings is 1. The van der Waals surface area contributed by atoms with Crippen molar-refractivity contribution in [3.8, 4) is 0 Å². The molecule has 4 rings (SSSR count). The monoisotopic (exact) mass is 528 g/mol. The fourth-order valence-electron chi connectivity index (χ4n) is 4.58. The second kappa shape index (κ2) is 11.6. The van der Waals surface area contributed by atoms with E-state index >= 15 is 0 Å². The van der Waals surface area contributed by atoms with E-state index < -0.39 is 22.8 Å². The Kier molecular flexibility index (Phi) is 8.04. The average Bonchev–Trinajstić information content (AvgIpc) is 3.43. The van der Waals surface area contributed by atoms with Crippen LogP contribution in [0.3, 0.4) is 0 Å². The molecule has 0 bridgehead atoms. The third-order valence-corrected chi connectivity index (χ3v) is 6.75. The second-order valence-electron chi connectivity index (χ2n) is 9.12. The highest BCUT2D eigenvalue weighted by Crippen LogP contribution is 2.42. The largest absolute Gasteiger partial charge is 0.478 e. The van der Waals surface area contributed by atoms with Gasteiger partial charge >= 0.3 is 11.9 Å². The molecule has 2 aromatic carbocycles. The van der Waals surface area contributed by atoms with E-state index in [1.807, 2.05) is 41.1 Å². The van der Waals surface area contributed by atoms with Gasteiger partial charge in [0.05, 0.1) is 28.3 Å². The summed E-state index contributed by atoms with van der Waals surface area (Å²) >= 11 is 0. The minimum absolute atomic E-state index is 0.0388. The van der Waals surface area contributed by atoms with Crippen molar-refractivity contribution in [2.75, 3.05) is 13.7 Å². The van der Waals surface area contributed by atoms with Crippen molar-refractivity contribution in [1.29, 1.82) is 0 Å². The zero-order valence-electron chi connectivity index (χ0n) is 21.8. The smallest absolute Gasteiger partial charge is 0.337 e. The van der Waals surface area contributed by atoms with Gasteiger partial charge in [-0.05, 0) is 36.6 Å². The Bertz CT molecular complexity index is 1490. The fourth-order valence-corrected chi connectivity index (χ4v) is 4.58. The lowest BCUT2D eigenvalue weighted by Gasteiger charge is -2.35. The summed E-state index contributed by atoms with van der Waals surface area (Å²) in [7, 11) is 1.67. The molecule has 10 heteroatoms. The fraction of sp³-hybridized carbons (Fsp3) is 0.207. The normalized spacial score (nSPS) is 15.7. The van der Waals surface area contributed by atoms with Crippen LogP contribution in [0.4, 0.5) is 5.69 Å². The van der Waals surface area contributed by atoms with Crippen molar-refractivity contribution < 1.29 is 24.4 Å². The first-order valence-electron chi connectivity index (χ1n) is 12.2. The van der Waals surface area contributed by atoms with Crippen LogP contribution in [0.2, 0.25) is 0 Å². The maximum atomic E-state index is 13.3. The lowest BCUT2D eigenvalue weighted by molar-refractivity contribution is -0.384. The van der Waals surface area contributed by atoms with E-state index in [4.69, 9.17) is 4.74 Å². The zero-order valence-corrected chi connectivity index (χ0v) is 21.8. The van der Waals surface area contributed by atoms with Crippen molar-refractivity contribution in [3.63, 3.8) is 0 Å². The van der Waals surface area contributed by atoms with Crippen LogP contribution < -0.4 is 0 Å². The van der Waals surface area contributed by atoms with E-state index in [9.17, 15) is 24.8 Å². The quantitative estimate of drug-likeness (QED) is 0.239. The molecule has 200 valence electrons. The van der Waals surface area contributed by atoms with E-state index in [1.165, 1.54) is 18.2 Å². The number of ether oxygens (including phenoxy) is 1. The molecule has 0 fully saturated rings. The molecule has 1 unspecified atom stereocenters. The summed E-state index contributed by atoms with van der Waals surface area (Å²) in [6.07, 6.45) is 8.90. The Morgan fingerprint density at radius 3 is 2.49 bits per heavy atom. The third kappa shape index (κ3) is 5.96. The van der Waals surface area contributed by atoms with E-state index in [1.54, 1.807) is 50.5 Å². The number of nitro benzene ring substituents is 1. The first kappa shape index (κ1) is 27.1. The summed E-state index contributed by atoms with van der Waals surface area (Å²) in [5, 5.41) is 21.4. The molecular weight excluding hydrogens is 500 g/mol. The third-order valence-electron chi connectivity index (χ3n) is 6.75. The zero-order chi connectivity index (χ0) is 28.1. The van der Waals surface area contributed by atoms with Crippen LogP contribution in [-0.4, -0.2) is 50.1 Å². The lowest BCUT2D eigenvalue weighted by atomic mass is 9.80. The number of hydrogen-bond acceptors (Lipinski definition) is 7. The molecule has 0 spiro atoms. The van der Waals surface area contributed by atoms with E-state index in [-0.39, 0.29) is 23.4 Å². The van der Waals surface area contributed by atoms with E-state index in [2.05, 4.69) is 4.98 Å². The van der Waals surface area contributed by atoms with Gasteiger partial charge in [-0.15, -0.1) is 0 Å². The second-order valence-corrected chi connectivity index (χ2v) is 9.12. The molecular formula is C29H28N4O6. The van der Waals surface area contributed by atoms with Crippen LogP contribution in [0.5, 0.6) is 0 Å². The maximum absolute atomic E-state index is 13.3. The predicted octanol–water partition coefficient (Wildman–Crippen LogP) is 4.76. The number of carboxylic acid groups (broad SMARTS) is 1. The number of aliphatic carboxylic acids is 1. The van der Waals surface area contributed by atoms with Crippen LogP contribution >= 0.6 is 0 Å². The van der Waals surface area contributed by atoms with Crippen LogP contribution in [0, 0.1) is 10.1 Å². The van der Waals surface area contributed by atoms with Gasteiger partial charge in [-0.2, -0.15) is 0 Å². The number of hydrogen-bond donors (Lipinski definition) is 1. The molecule has 3 aromatic rings. The lowest BCUT2D eigenvalue weighted by Crippen LogP contribution is -2.33. The molecule has 0 amide bonds. The van der Waals surface area contributed by atoms with Gasteiger partial charge in [0.1, 0.15) is 6.61 Å². The first-order valence-corrected chi connectivity index (χ1v) is 12.2. The van der Waals surface area contributed by atoms with Gasteiger partial charge < -0.3 is 19.3 Å². The SMILES string of the molecule is CC1=C(C(=O)O)C(c2cccc([N+](=O)[O-])c2)C(C(=O)OCC=Cc2ccc(Cn3ccnc3)cc2)=C(C)N1C. The molecule has 10 nitrogen and oxygen atoms in total. The van der Waals surface area contributed by atoms with E-state index in [0.29, 0.717) is 23.5 Å². The predicted molar refractivity (Wildman–Crippen MR) is 144 cm³/mol. The molecule has 0 aliphatic carbocycles. The standard InChI is InChI=1S/C29H28N4O6/c1-19-25(28(34)35)27(23-7-4-8-24(16-23)33(37)38)26(20(2)31(19)3)29(36)39-15-5-6-21-9-11-22(12-10-21)17-32-14-13-30-18-32/h4-14,16,18,27H,15,17H2,1-3H3,(H,34,35). The molecule has 1 aliphatic heterocycles. The number of rotatable bonds is 9. The van der Waals surface area contributed by atoms with Crippen molar-refractivity contribution in [1.82, 2.24) is 14.5 Å². The maximum Gasteiger partial charge on any atom is 0.337 e. The first-order chi connectivity index (χ1) is 18.7. The van der Waals surface area contributed by atoms with Gasteiger partial charge in [-0.1, -0.05) is 42.5 Å². The van der Waals surface area contributed by atoms with Gasteiger partial charge in [0.25, 0.3) is 5.69 Å². The van der Waals surface area contributed by atoms with Crippen LogP contribution in [0.15, 0.2) is 95.9 Å². The number of nitrogens with zero attached hydrogens (tertiary/aromatic N) is 4. The molecule has 2 heterocycles. The average molecular weight is 529 g/mol. The van der Waals surface area contributed by atoms with Crippen molar-refractivity contribution in [2.24, 2.45) is 0 Å². The van der Waals surface area contributed by atoms with Crippen molar-refractivity contribution in [3.05, 3.63) is 123 Å². The highest BCUT2D eigenvalue weighted by atomic mass is 16.6. The molecule has 1 aliphatic rings. The van der Waals surface area contributed by atoms with Crippen molar-refractivity contribution in [2.45, 2.75) is 26.3 Å². The Balaban J connectivity index is 1.53. The number of nitro groups is 1. The Labute approximate surface area is 225 Å². The number of aromatic nitrogens is 2. The van der Waals surface area contributed by atoms with Gasteiger partial charge in [-0.3, -0.25) is 10.1 Å². The number of benzene rings is 2. The molecule has 1 atom stereocenters. The summed E-state index contributed by atoms with van der Waals surface area (Å²) in [5.41, 5.74) is 3.20. The van der Waals surface area contributed by atoms with Gasteiger partial charge in [0.2, 0.25) is 0 Å². The number of carboxylic acids is 1.